The smallest absolute Gasteiger partial charge is 0.254 e. The van der Waals surface area contributed by atoms with Gasteiger partial charge in [0.2, 0.25) is 10.0 Å². The molecule has 0 aromatic heterocycles. The van der Waals surface area contributed by atoms with Gasteiger partial charge in [0, 0.05) is 30.8 Å². The van der Waals surface area contributed by atoms with Gasteiger partial charge in [-0.25, -0.2) is 13.1 Å². The number of hydrogen-bond donors (Lipinski definition) is 1. The molecule has 1 atom stereocenters. The molecule has 0 spiro atoms. The SMILES string of the molecule is COc1cc(C(=O)N2CCC[C@H](CNS(C)(=O)=O)C2)cc(OC)c1C. The van der Waals surface area contributed by atoms with Gasteiger partial charge in [-0.05, 0) is 37.8 Å². The number of amides is 1. The highest BCUT2D eigenvalue weighted by atomic mass is 32.2. The Labute approximate surface area is 149 Å². The molecule has 1 heterocycles. The molecule has 1 aromatic carbocycles. The van der Waals surface area contributed by atoms with Crippen molar-refractivity contribution in [2.45, 2.75) is 19.8 Å². The van der Waals surface area contributed by atoms with E-state index in [-0.39, 0.29) is 11.8 Å². The van der Waals surface area contributed by atoms with Crippen LogP contribution >= 0.6 is 0 Å². The average Bonchev–Trinajstić information content (AvgIpc) is 2.59. The summed E-state index contributed by atoms with van der Waals surface area (Å²) in [6.45, 7) is 3.41. The van der Waals surface area contributed by atoms with E-state index in [0.717, 1.165) is 24.7 Å². The fraction of sp³-hybridized carbons (Fsp3) is 0.588. The van der Waals surface area contributed by atoms with E-state index in [2.05, 4.69) is 4.72 Å². The van der Waals surface area contributed by atoms with E-state index < -0.39 is 10.0 Å². The first-order valence-corrected chi connectivity index (χ1v) is 10.1. The maximum atomic E-state index is 12.9. The number of piperidine rings is 1. The zero-order valence-corrected chi connectivity index (χ0v) is 16.0. The van der Waals surface area contributed by atoms with Crippen LogP contribution in [0.25, 0.3) is 0 Å². The van der Waals surface area contributed by atoms with Crippen LogP contribution in [0.3, 0.4) is 0 Å². The second-order valence-electron chi connectivity index (χ2n) is 6.39. The van der Waals surface area contributed by atoms with Crippen molar-refractivity contribution >= 4 is 15.9 Å². The van der Waals surface area contributed by atoms with Crippen LogP contribution in [0.15, 0.2) is 12.1 Å². The Kier molecular flexibility index (Phi) is 6.29. The number of hydrogen-bond acceptors (Lipinski definition) is 5. The summed E-state index contributed by atoms with van der Waals surface area (Å²) in [5.41, 5.74) is 1.35. The zero-order chi connectivity index (χ0) is 18.6. The lowest BCUT2D eigenvalue weighted by atomic mass is 9.97. The first-order valence-electron chi connectivity index (χ1n) is 8.21. The minimum atomic E-state index is -3.22. The summed E-state index contributed by atoms with van der Waals surface area (Å²) in [5, 5.41) is 0. The number of nitrogens with one attached hydrogen (secondary N) is 1. The lowest BCUT2D eigenvalue weighted by Gasteiger charge is -2.33. The fourth-order valence-corrected chi connectivity index (χ4v) is 3.62. The maximum Gasteiger partial charge on any atom is 0.254 e. The third-order valence-electron chi connectivity index (χ3n) is 4.44. The number of ether oxygens (including phenoxy) is 2. The molecule has 8 heteroatoms. The van der Waals surface area contributed by atoms with Crippen molar-refractivity contribution < 1.29 is 22.7 Å². The molecule has 0 bridgehead atoms. The van der Waals surface area contributed by atoms with Gasteiger partial charge < -0.3 is 14.4 Å². The molecule has 0 saturated carbocycles. The number of rotatable bonds is 6. The summed E-state index contributed by atoms with van der Waals surface area (Å²) in [4.78, 5) is 14.6. The minimum absolute atomic E-state index is 0.0966. The number of sulfonamides is 1. The second kappa shape index (κ2) is 8.05. The van der Waals surface area contributed by atoms with Crippen LogP contribution in [0.1, 0.15) is 28.8 Å². The highest BCUT2D eigenvalue weighted by Crippen LogP contribution is 2.30. The molecular formula is C17H26N2O5S. The molecule has 1 aliphatic rings. The Morgan fingerprint density at radius 2 is 1.88 bits per heavy atom. The molecule has 1 aromatic rings. The van der Waals surface area contributed by atoms with E-state index in [9.17, 15) is 13.2 Å². The first kappa shape index (κ1) is 19.5. The van der Waals surface area contributed by atoms with Gasteiger partial charge in [0.05, 0.1) is 20.5 Å². The molecule has 1 saturated heterocycles. The van der Waals surface area contributed by atoms with Crippen LogP contribution in [-0.2, 0) is 10.0 Å². The predicted molar refractivity (Wildman–Crippen MR) is 95.8 cm³/mol. The molecule has 2 rings (SSSR count). The van der Waals surface area contributed by atoms with Gasteiger partial charge in [-0.2, -0.15) is 0 Å². The molecule has 0 aliphatic carbocycles. The monoisotopic (exact) mass is 370 g/mol. The number of carbonyl (C=O) groups excluding carboxylic acids is 1. The highest BCUT2D eigenvalue weighted by Gasteiger charge is 2.26. The van der Waals surface area contributed by atoms with E-state index in [1.807, 2.05) is 6.92 Å². The number of methoxy groups -OCH3 is 2. The largest absolute Gasteiger partial charge is 0.496 e. The van der Waals surface area contributed by atoms with Crippen LogP contribution in [0.5, 0.6) is 11.5 Å². The molecule has 25 heavy (non-hydrogen) atoms. The molecule has 140 valence electrons. The van der Waals surface area contributed by atoms with Crippen molar-refractivity contribution in [3.05, 3.63) is 23.3 Å². The molecule has 7 nitrogen and oxygen atoms in total. The van der Waals surface area contributed by atoms with Crippen molar-refractivity contribution in [1.29, 1.82) is 0 Å². The normalized spacial score (nSPS) is 18.1. The van der Waals surface area contributed by atoms with Gasteiger partial charge in [-0.15, -0.1) is 0 Å². The minimum Gasteiger partial charge on any atom is -0.496 e. The van der Waals surface area contributed by atoms with Crippen LogP contribution < -0.4 is 14.2 Å². The Morgan fingerprint density at radius 1 is 1.28 bits per heavy atom. The van der Waals surface area contributed by atoms with Crippen molar-refractivity contribution in [3.63, 3.8) is 0 Å². The van der Waals surface area contributed by atoms with E-state index in [1.54, 1.807) is 31.3 Å². The summed E-state index contributed by atoms with van der Waals surface area (Å²) < 4.78 is 35.7. The topological polar surface area (TPSA) is 84.9 Å². The van der Waals surface area contributed by atoms with Crippen molar-refractivity contribution in [2.24, 2.45) is 5.92 Å². The number of benzene rings is 1. The predicted octanol–water partition coefficient (Wildman–Crippen LogP) is 1.41. The van der Waals surface area contributed by atoms with E-state index in [0.29, 0.717) is 36.7 Å². The van der Waals surface area contributed by atoms with Gasteiger partial charge in [0.15, 0.2) is 0 Å². The summed E-state index contributed by atoms with van der Waals surface area (Å²) in [7, 11) is -0.104. The van der Waals surface area contributed by atoms with Crippen LogP contribution in [-0.4, -0.2) is 59.3 Å². The highest BCUT2D eigenvalue weighted by molar-refractivity contribution is 7.88. The fourth-order valence-electron chi connectivity index (χ4n) is 3.08. The first-order chi connectivity index (χ1) is 11.7. The second-order valence-corrected chi connectivity index (χ2v) is 8.22. The molecule has 1 N–H and O–H groups in total. The Morgan fingerprint density at radius 3 is 2.40 bits per heavy atom. The molecule has 0 radical (unpaired) electrons. The van der Waals surface area contributed by atoms with Crippen molar-refractivity contribution in [1.82, 2.24) is 9.62 Å². The molecular weight excluding hydrogens is 344 g/mol. The molecule has 1 aliphatic heterocycles. The summed E-state index contributed by atoms with van der Waals surface area (Å²) in [6, 6.07) is 3.44. The Bertz CT molecular complexity index is 708. The van der Waals surface area contributed by atoms with Gasteiger partial charge in [0.1, 0.15) is 11.5 Å². The number of nitrogens with zero attached hydrogens (tertiary/aromatic N) is 1. The molecule has 1 amide bonds. The Hall–Kier alpha value is -1.80. The lowest BCUT2D eigenvalue weighted by Crippen LogP contribution is -2.43. The molecule has 0 unspecified atom stereocenters. The third kappa shape index (κ3) is 5.09. The van der Waals surface area contributed by atoms with E-state index >= 15 is 0 Å². The average molecular weight is 370 g/mol. The van der Waals surface area contributed by atoms with Crippen LogP contribution in [0.4, 0.5) is 0 Å². The summed E-state index contributed by atoms with van der Waals surface area (Å²) >= 11 is 0. The van der Waals surface area contributed by atoms with Gasteiger partial charge >= 0.3 is 0 Å². The van der Waals surface area contributed by atoms with Gasteiger partial charge in [-0.1, -0.05) is 0 Å². The van der Waals surface area contributed by atoms with E-state index in [4.69, 9.17) is 9.47 Å². The van der Waals surface area contributed by atoms with Crippen LogP contribution in [0, 0.1) is 12.8 Å². The zero-order valence-electron chi connectivity index (χ0n) is 15.2. The number of carbonyl (C=O) groups is 1. The van der Waals surface area contributed by atoms with Crippen molar-refractivity contribution in [2.75, 3.05) is 40.1 Å². The third-order valence-corrected chi connectivity index (χ3v) is 5.13. The van der Waals surface area contributed by atoms with Gasteiger partial charge in [0.25, 0.3) is 5.91 Å². The number of likely N-dealkylation sites (tertiary alicyclic amines) is 1. The van der Waals surface area contributed by atoms with Gasteiger partial charge in [-0.3, -0.25) is 4.79 Å². The summed E-state index contributed by atoms with van der Waals surface area (Å²) in [5.74, 6) is 1.23. The maximum absolute atomic E-state index is 12.9. The van der Waals surface area contributed by atoms with Crippen molar-refractivity contribution in [3.8, 4) is 11.5 Å². The summed E-state index contributed by atoms with van der Waals surface area (Å²) in [6.07, 6.45) is 2.89. The standard InChI is InChI=1S/C17H26N2O5S/c1-12-15(23-2)8-14(9-16(12)24-3)17(20)19-7-5-6-13(11-19)10-18-25(4,21)22/h8-9,13,18H,5-7,10-11H2,1-4H3/t13-/m1/s1. The lowest BCUT2D eigenvalue weighted by molar-refractivity contribution is 0.0675. The Balaban J connectivity index is 2.14. The molecule has 1 fully saturated rings. The quantitative estimate of drug-likeness (QED) is 0.818. The van der Waals surface area contributed by atoms with Crippen LogP contribution in [0.2, 0.25) is 0 Å². The van der Waals surface area contributed by atoms with E-state index in [1.165, 1.54) is 0 Å².